The van der Waals surface area contributed by atoms with Gasteiger partial charge in [-0.3, -0.25) is 0 Å². The maximum Gasteiger partial charge on any atom is 0.123 e. The van der Waals surface area contributed by atoms with Crippen LogP contribution in [0.1, 0.15) is 44.6 Å². The van der Waals surface area contributed by atoms with Crippen LogP contribution in [0.25, 0.3) is 0 Å². The maximum atomic E-state index is 13.0. The van der Waals surface area contributed by atoms with E-state index in [0.717, 1.165) is 13.1 Å². The van der Waals surface area contributed by atoms with Crippen LogP contribution in [0.5, 0.6) is 0 Å². The molecule has 0 bridgehead atoms. The molecule has 2 atom stereocenters. The van der Waals surface area contributed by atoms with Gasteiger partial charge in [0.2, 0.25) is 0 Å². The minimum absolute atomic E-state index is 0.144. The highest BCUT2D eigenvalue weighted by Gasteiger charge is 2.36. The van der Waals surface area contributed by atoms with E-state index >= 15 is 0 Å². The molecule has 0 spiro atoms. The van der Waals surface area contributed by atoms with Gasteiger partial charge in [-0.2, -0.15) is 0 Å². The van der Waals surface area contributed by atoms with Gasteiger partial charge in [-0.25, -0.2) is 4.39 Å². The Balaban J connectivity index is 2.24. The first-order valence-corrected chi connectivity index (χ1v) is 6.62. The van der Waals surface area contributed by atoms with Gasteiger partial charge in [0.25, 0.3) is 0 Å². The van der Waals surface area contributed by atoms with Crippen molar-refractivity contribution in [2.45, 2.75) is 39.0 Å². The zero-order chi connectivity index (χ0) is 12.3. The SMILES string of the molecule is CCCC1(C)CCNCC1c1ccc(F)cc1. The molecule has 0 aliphatic carbocycles. The van der Waals surface area contributed by atoms with Gasteiger partial charge >= 0.3 is 0 Å². The standard InChI is InChI=1S/C15H22FN/c1-3-8-15(2)9-10-17-11-14(15)12-4-6-13(16)7-5-12/h4-7,14,17H,3,8-11H2,1-2H3. The fourth-order valence-corrected chi connectivity index (χ4v) is 3.13. The Labute approximate surface area is 103 Å². The average molecular weight is 235 g/mol. The summed E-state index contributed by atoms with van der Waals surface area (Å²) in [5, 5.41) is 3.47. The molecular formula is C15H22FN. The van der Waals surface area contributed by atoms with E-state index in [1.54, 1.807) is 12.1 Å². The number of nitrogens with one attached hydrogen (secondary N) is 1. The largest absolute Gasteiger partial charge is 0.316 e. The van der Waals surface area contributed by atoms with Crippen LogP contribution in [0.2, 0.25) is 0 Å². The van der Waals surface area contributed by atoms with Crippen LogP contribution in [0.4, 0.5) is 4.39 Å². The predicted molar refractivity (Wildman–Crippen MR) is 69.6 cm³/mol. The summed E-state index contributed by atoms with van der Waals surface area (Å²) in [6.07, 6.45) is 3.67. The van der Waals surface area contributed by atoms with E-state index in [4.69, 9.17) is 0 Å². The predicted octanol–water partition coefficient (Wildman–Crippen LogP) is 3.71. The summed E-state index contributed by atoms with van der Waals surface area (Å²) in [5.74, 6) is 0.367. The molecule has 1 aliphatic rings. The molecule has 1 nitrogen and oxygen atoms in total. The van der Waals surface area contributed by atoms with E-state index in [0.29, 0.717) is 11.3 Å². The quantitative estimate of drug-likeness (QED) is 0.842. The van der Waals surface area contributed by atoms with Crippen molar-refractivity contribution in [2.24, 2.45) is 5.41 Å². The number of hydrogen-bond acceptors (Lipinski definition) is 1. The van der Waals surface area contributed by atoms with Crippen molar-refractivity contribution >= 4 is 0 Å². The highest BCUT2D eigenvalue weighted by molar-refractivity contribution is 5.24. The zero-order valence-electron chi connectivity index (χ0n) is 10.8. The van der Waals surface area contributed by atoms with Crippen molar-refractivity contribution in [1.82, 2.24) is 5.32 Å². The van der Waals surface area contributed by atoms with Crippen molar-refractivity contribution in [3.63, 3.8) is 0 Å². The molecular weight excluding hydrogens is 213 g/mol. The molecule has 0 saturated carbocycles. The molecule has 1 N–H and O–H groups in total. The van der Waals surface area contributed by atoms with Crippen molar-refractivity contribution in [2.75, 3.05) is 13.1 Å². The molecule has 17 heavy (non-hydrogen) atoms. The summed E-state index contributed by atoms with van der Waals surface area (Å²) in [7, 11) is 0. The van der Waals surface area contributed by atoms with Gasteiger partial charge in [-0.1, -0.05) is 32.4 Å². The second-order valence-corrected chi connectivity index (χ2v) is 5.46. The average Bonchev–Trinajstić information content (AvgIpc) is 2.31. The van der Waals surface area contributed by atoms with Crippen molar-refractivity contribution in [3.8, 4) is 0 Å². The van der Waals surface area contributed by atoms with Gasteiger partial charge in [0.05, 0.1) is 0 Å². The summed E-state index contributed by atoms with van der Waals surface area (Å²) in [4.78, 5) is 0. The lowest BCUT2D eigenvalue weighted by Crippen LogP contribution is -2.41. The van der Waals surface area contributed by atoms with Gasteiger partial charge in [-0.15, -0.1) is 0 Å². The number of halogens is 1. The molecule has 0 aromatic heterocycles. The van der Waals surface area contributed by atoms with E-state index in [-0.39, 0.29) is 5.82 Å². The second kappa shape index (κ2) is 5.18. The molecule has 1 saturated heterocycles. The summed E-state index contributed by atoms with van der Waals surface area (Å²) in [5.41, 5.74) is 1.63. The van der Waals surface area contributed by atoms with Crippen molar-refractivity contribution in [3.05, 3.63) is 35.6 Å². The van der Waals surface area contributed by atoms with Gasteiger partial charge in [0.1, 0.15) is 5.82 Å². The minimum atomic E-state index is -0.144. The molecule has 1 aromatic rings. The topological polar surface area (TPSA) is 12.0 Å². The van der Waals surface area contributed by atoms with Crippen LogP contribution in [0, 0.1) is 11.2 Å². The highest BCUT2D eigenvalue weighted by atomic mass is 19.1. The molecule has 1 aliphatic heterocycles. The molecule has 2 heteroatoms. The first-order chi connectivity index (χ1) is 8.15. The summed E-state index contributed by atoms with van der Waals surface area (Å²) >= 11 is 0. The van der Waals surface area contributed by atoms with Gasteiger partial charge in [-0.05, 0) is 42.5 Å². The minimum Gasteiger partial charge on any atom is -0.316 e. The molecule has 2 rings (SSSR count). The fraction of sp³-hybridized carbons (Fsp3) is 0.600. The van der Waals surface area contributed by atoms with E-state index in [9.17, 15) is 4.39 Å². The smallest absolute Gasteiger partial charge is 0.123 e. The Hall–Kier alpha value is -0.890. The molecule has 0 amide bonds. The molecule has 1 fully saturated rings. The maximum absolute atomic E-state index is 13.0. The Morgan fingerprint density at radius 1 is 1.35 bits per heavy atom. The number of rotatable bonds is 3. The number of piperidine rings is 1. The number of benzene rings is 1. The van der Waals surface area contributed by atoms with E-state index in [2.05, 4.69) is 19.2 Å². The lowest BCUT2D eigenvalue weighted by Gasteiger charge is -2.42. The third-order valence-electron chi connectivity index (χ3n) is 4.16. The molecule has 0 radical (unpaired) electrons. The first kappa shape index (κ1) is 12.6. The van der Waals surface area contributed by atoms with Gasteiger partial charge in [0, 0.05) is 12.5 Å². The summed E-state index contributed by atoms with van der Waals surface area (Å²) in [6.45, 7) is 6.75. The monoisotopic (exact) mass is 235 g/mol. The van der Waals surface area contributed by atoms with Crippen molar-refractivity contribution < 1.29 is 4.39 Å². The van der Waals surface area contributed by atoms with E-state index in [1.807, 2.05) is 12.1 Å². The summed E-state index contributed by atoms with van der Waals surface area (Å²) < 4.78 is 13.0. The number of hydrogen-bond donors (Lipinski definition) is 1. The van der Waals surface area contributed by atoms with Gasteiger partial charge < -0.3 is 5.32 Å². The van der Waals surface area contributed by atoms with Crippen LogP contribution >= 0.6 is 0 Å². The highest BCUT2D eigenvalue weighted by Crippen LogP contribution is 2.43. The van der Waals surface area contributed by atoms with Crippen LogP contribution in [-0.4, -0.2) is 13.1 Å². The Morgan fingerprint density at radius 3 is 2.71 bits per heavy atom. The molecule has 2 unspecified atom stereocenters. The van der Waals surface area contributed by atoms with Crippen LogP contribution in [-0.2, 0) is 0 Å². The first-order valence-electron chi connectivity index (χ1n) is 6.62. The lowest BCUT2D eigenvalue weighted by molar-refractivity contribution is 0.171. The lowest BCUT2D eigenvalue weighted by atomic mass is 9.67. The Morgan fingerprint density at radius 2 is 2.06 bits per heavy atom. The molecule has 1 heterocycles. The third kappa shape index (κ3) is 2.68. The second-order valence-electron chi connectivity index (χ2n) is 5.46. The Bertz CT molecular complexity index is 356. The zero-order valence-corrected chi connectivity index (χ0v) is 10.8. The Kier molecular flexibility index (Phi) is 3.82. The fourth-order valence-electron chi connectivity index (χ4n) is 3.13. The molecule has 1 aromatic carbocycles. The van der Waals surface area contributed by atoms with Crippen LogP contribution in [0.15, 0.2) is 24.3 Å². The molecule has 94 valence electrons. The van der Waals surface area contributed by atoms with E-state index < -0.39 is 0 Å². The summed E-state index contributed by atoms with van der Waals surface area (Å²) in [6, 6.07) is 7.05. The van der Waals surface area contributed by atoms with E-state index in [1.165, 1.54) is 24.8 Å². The van der Waals surface area contributed by atoms with Gasteiger partial charge in [0.15, 0.2) is 0 Å². The van der Waals surface area contributed by atoms with Crippen molar-refractivity contribution in [1.29, 1.82) is 0 Å². The normalized spacial score (nSPS) is 29.2. The van der Waals surface area contributed by atoms with Crippen LogP contribution < -0.4 is 5.32 Å². The third-order valence-corrected chi connectivity index (χ3v) is 4.16. The van der Waals surface area contributed by atoms with Crippen LogP contribution in [0.3, 0.4) is 0 Å².